The molecule has 1 unspecified atom stereocenters. The van der Waals surface area contributed by atoms with E-state index in [1.165, 1.54) is 212 Å². The first-order valence-corrected chi connectivity index (χ1v) is 32.3. The minimum Gasteiger partial charge on any atom is -0.462 e. The van der Waals surface area contributed by atoms with Crippen LogP contribution in [0.1, 0.15) is 335 Å². The summed E-state index contributed by atoms with van der Waals surface area (Å²) in [6, 6.07) is 0. The molecule has 0 fully saturated rings. The van der Waals surface area contributed by atoms with Crippen LogP contribution >= 0.6 is 0 Å². The summed E-state index contributed by atoms with van der Waals surface area (Å²) in [6.07, 6.45) is 79.8. The van der Waals surface area contributed by atoms with Crippen molar-refractivity contribution in [3.05, 3.63) is 60.8 Å². The van der Waals surface area contributed by atoms with Gasteiger partial charge in [-0.05, 0) is 83.5 Å². The first kappa shape index (κ1) is 71.1. The lowest BCUT2D eigenvalue weighted by atomic mass is 10.0. The van der Waals surface area contributed by atoms with Gasteiger partial charge >= 0.3 is 17.9 Å². The van der Waals surface area contributed by atoms with Crippen LogP contribution in [0.5, 0.6) is 0 Å². The van der Waals surface area contributed by atoms with Crippen LogP contribution in [0.15, 0.2) is 60.8 Å². The van der Waals surface area contributed by atoms with Crippen molar-refractivity contribution in [3.63, 3.8) is 0 Å². The van der Waals surface area contributed by atoms with Crippen LogP contribution in [0, 0.1) is 0 Å². The zero-order valence-electron chi connectivity index (χ0n) is 49.4. The van der Waals surface area contributed by atoms with Gasteiger partial charge in [0, 0.05) is 19.3 Å². The highest BCUT2D eigenvalue weighted by molar-refractivity contribution is 5.71. The van der Waals surface area contributed by atoms with E-state index in [0.717, 1.165) is 83.5 Å². The molecule has 6 nitrogen and oxygen atoms in total. The van der Waals surface area contributed by atoms with Gasteiger partial charge in [-0.2, -0.15) is 0 Å². The summed E-state index contributed by atoms with van der Waals surface area (Å²) in [5.41, 5.74) is 0. The molecule has 430 valence electrons. The molecule has 0 aliphatic rings. The fourth-order valence-electron chi connectivity index (χ4n) is 9.43. The fraction of sp³-hybridized carbons (Fsp3) is 0.809. The van der Waals surface area contributed by atoms with E-state index in [1.54, 1.807) is 0 Å². The van der Waals surface area contributed by atoms with Gasteiger partial charge in [-0.3, -0.25) is 14.4 Å². The molecule has 0 aromatic carbocycles. The van der Waals surface area contributed by atoms with E-state index < -0.39 is 6.10 Å². The maximum atomic E-state index is 12.8. The van der Waals surface area contributed by atoms with Gasteiger partial charge in [0.15, 0.2) is 6.10 Å². The first-order chi connectivity index (χ1) is 36.5. The molecule has 74 heavy (non-hydrogen) atoms. The number of allylic oxidation sites excluding steroid dienone is 10. The molecule has 0 rings (SSSR count). The van der Waals surface area contributed by atoms with Crippen molar-refractivity contribution in [3.8, 4) is 0 Å². The Hall–Kier alpha value is -2.89. The highest BCUT2D eigenvalue weighted by Crippen LogP contribution is 2.17. The molecule has 0 aromatic rings. The van der Waals surface area contributed by atoms with Crippen LogP contribution in [0.25, 0.3) is 0 Å². The Morgan fingerprint density at radius 3 is 0.838 bits per heavy atom. The maximum Gasteiger partial charge on any atom is 0.306 e. The van der Waals surface area contributed by atoms with Crippen LogP contribution in [0.3, 0.4) is 0 Å². The zero-order chi connectivity index (χ0) is 53.6. The molecule has 0 aliphatic carbocycles. The Kier molecular flexibility index (Phi) is 60.2. The Labute approximate surface area is 460 Å². The van der Waals surface area contributed by atoms with Gasteiger partial charge in [0.05, 0.1) is 0 Å². The van der Waals surface area contributed by atoms with E-state index in [0.29, 0.717) is 19.3 Å². The summed E-state index contributed by atoms with van der Waals surface area (Å²) >= 11 is 0. The normalized spacial score (nSPS) is 12.4. The van der Waals surface area contributed by atoms with Crippen molar-refractivity contribution in [2.45, 2.75) is 341 Å². The van der Waals surface area contributed by atoms with E-state index in [-0.39, 0.29) is 31.1 Å². The molecule has 0 N–H and O–H groups in total. The summed E-state index contributed by atoms with van der Waals surface area (Å²) in [4.78, 5) is 38.0. The molecule has 0 aliphatic heterocycles. The summed E-state index contributed by atoms with van der Waals surface area (Å²) in [6.45, 7) is 6.52. The van der Waals surface area contributed by atoms with Crippen LogP contribution in [0.2, 0.25) is 0 Å². The molecular weight excluding hydrogens is 913 g/mol. The van der Waals surface area contributed by atoms with Gasteiger partial charge in [0.25, 0.3) is 0 Å². The molecule has 0 saturated heterocycles. The van der Waals surface area contributed by atoms with Crippen molar-refractivity contribution >= 4 is 17.9 Å². The smallest absolute Gasteiger partial charge is 0.306 e. The number of carbonyl (C=O) groups is 3. The third-order valence-electron chi connectivity index (χ3n) is 14.3. The second kappa shape index (κ2) is 62.6. The highest BCUT2D eigenvalue weighted by Gasteiger charge is 2.19. The summed E-state index contributed by atoms with van der Waals surface area (Å²) < 4.78 is 16.8. The van der Waals surface area contributed by atoms with Gasteiger partial charge in [-0.1, -0.05) is 293 Å². The van der Waals surface area contributed by atoms with E-state index in [4.69, 9.17) is 14.2 Å². The van der Waals surface area contributed by atoms with Crippen LogP contribution < -0.4 is 0 Å². The average molecular weight is 1040 g/mol. The van der Waals surface area contributed by atoms with Crippen molar-refractivity contribution in [1.29, 1.82) is 0 Å². The Morgan fingerprint density at radius 1 is 0.284 bits per heavy atom. The lowest BCUT2D eigenvalue weighted by Crippen LogP contribution is -2.30. The van der Waals surface area contributed by atoms with Gasteiger partial charge in [-0.25, -0.2) is 0 Å². The number of rotatable bonds is 59. The number of carbonyl (C=O) groups excluding carboxylic acids is 3. The van der Waals surface area contributed by atoms with E-state index in [1.807, 2.05) is 0 Å². The number of ether oxygens (including phenoxy) is 3. The Balaban J connectivity index is 4.03. The molecule has 0 aromatic heterocycles. The van der Waals surface area contributed by atoms with Crippen molar-refractivity contribution < 1.29 is 28.6 Å². The van der Waals surface area contributed by atoms with Crippen LogP contribution in [0.4, 0.5) is 0 Å². The van der Waals surface area contributed by atoms with Crippen LogP contribution in [-0.2, 0) is 28.6 Å². The average Bonchev–Trinajstić information content (AvgIpc) is 3.40. The minimum absolute atomic E-state index is 0.0712. The van der Waals surface area contributed by atoms with Gasteiger partial charge < -0.3 is 14.2 Å². The minimum atomic E-state index is -0.771. The quantitative estimate of drug-likeness (QED) is 0.0261. The highest BCUT2D eigenvalue weighted by atomic mass is 16.6. The second-order valence-corrected chi connectivity index (χ2v) is 21.6. The molecule has 0 heterocycles. The Bertz CT molecular complexity index is 1330. The third kappa shape index (κ3) is 60.0. The predicted molar refractivity (Wildman–Crippen MR) is 321 cm³/mol. The van der Waals surface area contributed by atoms with Gasteiger partial charge in [0.2, 0.25) is 0 Å². The topological polar surface area (TPSA) is 78.9 Å². The summed E-state index contributed by atoms with van der Waals surface area (Å²) in [5, 5.41) is 0. The molecular formula is C68H122O6. The number of hydrogen-bond donors (Lipinski definition) is 0. The standard InChI is InChI=1S/C68H122O6/c1-4-7-10-13-16-18-20-22-24-26-28-29-30-31-32-33-34-35-36-37-38-39-40-42-43-45-47-49-52-55-58-61-67(70)73-64-65(63-72-66(69)60-57-54-51-15-12-9-6-3)74-68(71)62-59-56-53-50-48-46-44-41-27-25-23-21-19-17-14-11-8-5-2/h7,10,16,18,22,24-25,27-29,65H,4-6,8-9,11-15,17,19-21,23,26,30-64H2,1-3H3/b10-7-,18-16-,24-22-,27-25-,29-28-. The number of unbranched alkanes of at least 4 members (excludes halogenated alkanes) is 38. The third-order valence-corrected chi connectivity index (χ3v) is 14.3. The summed E-state index contributed by atoms with van der Waals surface area (Å²) in [7, 11) is 0. The summed E-state index contributed by atoms with van der Waals surface area (Å²) in [5.74, 6) is -0.865. The van der Waals surface area contributed by atoms with Gasteiger partial charge in [-0.15, -0.1) is 0 Å². The largest absolute Gasteiger partial charge is 0.462 e. The first-order valence-electron chi connectivity index (χ1n) is 32.3. The fourth-order valence-corrected chi connectivity index (χ4v) is 9.43. The molecule has 1 atom stereocenters. The molecule has 0 amide bonds. The van der Waals surface area contributed by atoms with Crippen molar-refractivity contribution in [1.82, 2.24) is 0 Å². The molecule has 0 spiro atoms. The van der Waals surface area contributed by atoms with Gasteiger partial charge in [0.1, 0.15) is 13.2 Å². The molecule has 0 bridgehead atoms. The SMILES string of the molecule is CC/C=C\C/C=C\C/C=C\C/C=C\CCCCCCCCCCCCCCCCCCCCC(=O)OCC(COC(=O)CCCCCCCCC)OC(=O)CCCCCCCCC/C=C\CCCCCCCCC. The van der Waals surface area contributed by atoms with E-state index in [2.05, 4.69) is 81.5 Å². The molecule has 0 radical (unpaired) electrons. The molecule has 6 heteroatoms. The molecule has 0 saturated carbocycles. The zero-order valence-corrected chi connectivity index (χ0v) is 49.4. The number of hydrogen-bond acceptors (Lipinski definition) is 6. The lowest BCUT2D eigenvalue weighted by molar-refractivity contribution is -0.167. The lowest BCUT2D eigenvalue weighted by Gasteiger charge is -2.18. The maximum absolute atomic E-state index is 12.8. The van der Waals surface area contributed by atoms with Crippen LogP contribution in [-0.4, -0.2) is 37.2 Å². The Morgan fingerprint density at radius 2 is 0.527 bits per heavy atom. The predicted octanol–water partition coefficient (Wildman–Crippen LogP) is 21.9. The second-order valence-electron chi connectivity index (χ2n) is 21.6. The number of esters is 3. The monoisotopic (exact) mass is 1030 g/mol. The van der Waals surface area contributed by atoms with Crippen molar-refractivity contribution in [2.75, 3.05) is 13.2 Å². The van der Waals surface area contributed by atoms with Crippen molar-refractivity contribution in [2.24, 2.45) is 0 Å². The van der Waals surface area contributed by atoms with E-state index >= 15 is 0 Å². The van der Waals surface area contributed by atoms with E-state index in [9.17, 15) is 14.4 Å².